The van der Waals surface area contributed by atoms with Crippen LogP contribution in [-0.2, 0) is 16.0 Å². The summed E-state index contributed by atoms with van der Waals surface area (Å²) < 4.78 is 19.4. The molecule has 1 heterocycles. The molecule has 0 fully saturated rings. The van der Waals surface area contributed by atoms with Crippen LogP contribution in [0.1, 0.15) is 17.2 Å². The highest BCUT2D eigenvalue weighted by molar-refractivity contribution is 5.99. The van der Waals surface area contributed by atoms with Crippen LogP contribution < -0.4 is 4.90 Å². The summed E-state index contributed by atoms with van der Waals surface area (Å²) >= 11 is 0. The summed E-state index contributed by atoms with van der Waals surface area (Å²) in [5.41, 5.74) is 2.03. The highest BCUT2D eigenvalue weighted by atomic mass is 19.1. The molecule has 0 saturated carbocycles. The summed E-state index contributed by atoms with van der Waals surface area (Å²) in [6, 6.07) is 14.2. The Hall–Kier alpha value is -2.20. The van der Waals surface area contributed by atoms with Crippen molar-refractivity contribution in [3.63, 3.8) is 0 Å². The molecule has 0 aliphatic carbocycles. The van der Waals surface area contributed by atoms with E-state index in [9.17, 15) is 9.18 Å². The van der Waals surface area contributed by atoms with Gasteiger partial charge in [0.25, 0.3) is 5.91 Å². The number of para-hydroxylation sites is 1. The van der Waals surface area contributed by atoms with Crippen LogP contribution in [-0.4, -0.2) is 19.6 Å². The van der Waals surface area contributed by atoms with Gasteiger partial charge in [0.15, 0.2) is 6.10 Å². The molecule has 1 amide bonds. The van der Waals surface area contributed by atoms with Crippen molar-refractivity contribution < 1.29 is 13.9 Å². The predicted octanol–water partition coefficient (Wildman–Crippen LogP) is 3.10. The monoisotopic (exact) mass is 285 g/mol. The number of amides is 1. The molecule has 0 bridgehead atoms. The molecule has 1 aliphatic heterocycles. The van der Waals surface area contributed by atoms with Crippen molar-refractivity contribution in [2.24, 2.45) is 0 Å². The van der Waals surface area contributed by atoms with Gasteiger partial charge in [0.2, 0.25) is 0 Å². The Bertz CT molecular complexity index is 657. The molecular weight excluding hydrogens is 269 g/mol. The zero-order chi connectivity index (χ0) is 14.8. The fraction of sp³-hybridized carbons (Fsp3) is 0.235. The Morgan fingerprint density at radius 3 is 2.67 bits per heavy atom. The average molecular weight is 285 g/mol. The molecule has 1 aliphatic rings. The third-order valence-corrected chi connectivity index (χ3v) is 3.77. The van der Waals surface area contributed by atoms with Crippen molar-refractivity contribution in [3.05, 3.63) is 65.5 Å². The van der Waals surface area contributed by atoms with Crippen LogP contribution in [0.25, 0.3) is 0 Å². The molecule has 4 heteroatoms. The van der Waals surface area contributed by atoms with Crippen LogP contribution in [0.3, 0.4) is 0 Å². The summed E-state index contributed by atoms with van der Waals surface area (Å²) in [5.74, 6) is -0.589. The number of halogens is 1. The first-order chi connectivity index (χ1) is 10.2. The Morgan fingerprint density at radius 2 is 1.95 bits per heavy atom. The van der Waals surface area contributed by atoms with Crippen LogP contribution in [0.15, 0.2) is 48.5 Å². The average Bonchev–Trinajstić information content (AvgIpc) is 2.94. The van der Waals surface area contributed by atoms with Gasteiger partial charge in [-0.2, -0.15) is 0 Å². The van der Waals surface area contributed by atoms with Crippen molar-refractivity contribution in [3.8, 4) is 0 Å². The number of rotatable bonds is 3. The maximum atomic E-state index is 14.0. The molecule has 0 spiro atoms. The lowest BCUT2D eigenvalue weighted by Gasteiger charge is -2.23. The number of nitrogens with zero attached hydrogens (tertiary/aromatic N) is 1. The number of fused-ring (bicyclic) bond motifs is 1. The van der Waals surface area contributed by atoms with E-state index in [0.717, 1.165) is 11.1 Å². The van der Waals surface area contributed by atoms with Gasteiger partial charge in [-0.05, 0) is 23.6 Å². The Morgan fingerprint density at radius 1 is 1.19 bits per heavy atom. The Labute approximate surface area is 123 Å². The first-order valence-corrected chi connectivity index (χ1v) is 6.89. The number of methoxy groups -OCH3 is 1. The molecular formula is C17H16FNO2. The smallest absolute Gasteiger partial charge is 0.260 e. The van der Waals surface area contributed by atoms with Crippen molar-refractivity contribution in [1.82, 2.24) is 0 Å². The number of anilines is 1. The standard InChI is InChI=1S/C17H16FNO2/c1-21-16(13-6-3-2-4-7-13)17(20)19-11-10-12-8-5-9-14(18)15(12)19/h2-9,16H,10-11H2,1H3/t16-/m0/s1. The van der Waals surface area contributed by atoms with Crippen LogP contribution in [0, 0.1) is 5.82 Å². The Balaban J connectivity index is 1.94. The molecule has 1 atom stereocenters. The highest BCUT2D eigenvalue weighted by Gasteiger charge is 2.32. The van der Waals surface area contributed by atoms with E-state index < -0.39 is 6.10 Å². The van der Waals surface area contributed by atoms with Gasteiger partial charge in [0.05, 0.1) is 5.69 Å². The minimum Gasteiger partial charge on any atom is -0.367 e. The van der Waals surface area contributed by atoms with Gasteiger partial charge in [0, 0.05) is 13.7 Å². The Kier molecular flexibility index (Phi) is 3.71. The molecule has 108 valence electrons. The summed E-state index contributed by atoms with van der Waals surface area (Å²) in [4.78, 5) is 14.2. The second-order valence-electron chi connectivity index (χ2n) is 5.01. The third kappa shape index (κ3) is 2.43. The first kappa shape index (κ1) is 13.8. The second-order valence-corrected chi connectivity index (χ2v) is 5.01. The second kappa shape index (κ2) is 5.66. The maximum Gasteiger partial charge on any atom is 0.260 e. The SMILES string of the molecule is CO[C@H](C(=O)N1CCc2cccc(F)c21)c1ccccc1. The third-order valence-electron chi connectivity index (χ3n) is 3.77. The lowest BCUT2D eigenvalue weighted by Crippen LogP contribution is -2.35. The zero-order valence-electron chi connectivity index (χ0n) is 11.8. The number of benzene rings is 2. The minimum absolute atomic E-state index is 0.229. The number of carbonyl (C=O) groups excluding carboxylic acids is 1. The van der Waals surface area contributed by atoms with Gasteiger partial charge in [-0.3, -0.25) is 4.79 Å². The first-order valence-electron chi connectivity index (χ1n) is 6.89. The molecule has 0 aromatic heterocycles. The molecule has 0 saturated heterocycles. The highest BCUT2D eigenvalue weighted by Crippen LogP contribution is 2.33. The fourth-order valence-electron chi connectivity index (χ4n) is 2.78. The van der Waals surface area contributed by atoms with E-state index >= 15 is 0 Å². The lowest BCUT2D eigenvalue weighted by atomic mass is 10.1. The minimum atomic E-state index is -0.711. The molecule has 21 heavy (non-hydrogen) atoms. The number of hydrogen-bond acceptors (Lipinski definition) is 2. The number of hydrogen-bond donors (Lipinski definition) is 0. The fourth-order valence-corrected chi connectivity index (χ4v) is 2.78. The molecule has 3 nitrogen and oxygen atoms in total. The van der Waals surface area contributed by atoms with Gasteiger partial charge in [0.1, 0.15) is 5.82 Å². The van der Waals surface area contributed by atoms with Gasteiger partial charge < -0.3 is 9.64 Å². The largest absolute Gasteiger partial charge is 0.367 e. The number of carbonyl (C=O) groups is 1. The lowest BCUT2D eigenvalue weighted by molar-refractivity contribution is -0.128. The van der Waals surface area contributed by atoms with Crippen molar-refractivity contribution in [1.29, 1.82) is 0 Å². The molecule has 2 aromatic carbocycles. The summed E-state index contributed by atoms with van der Waals surface area (Å²) in [6.45, 7) is 0.488. The maximum absolute atomic E-state index is 14.0. The molecule has 0 radical (unpaired) electrons. The quantitative estimate of drug-likeness (QED) is 0.867. The van der Waals surface area contributed by atoms with Gasteiger partial charge in [-0.15, -0.1) is 0 Å². The van der Waals surface area contributed by atoms with Crippen LogP contribution in [0.4, 0.5) is 10.1 Å². The van der Waals surface area contributed by atoms with Crippen molar-refractivity contribution in [2.45, 2.75) is 12.5 Å². The molecule has 0 unspecified atom stereocenters. The molecule has 3 rings (SSSR count). The van der Waals surface area contributed by atoms with Crippen molar-refractivity contribution >= 4 is 11.6 Å². The van der Waals surface area contributed by atoms with E-state index in [2.05, 4.69) is 0 Å². The summed E-state index contributed by atoms with van der Waals surface area (Å²) in [5, 5.41) is 0. The van der Waals surface area contributed by atoms with E-state index in [-0.39, 0.29) is 11.7 Å². The van der Waals surface area contributed by atoms with Crippen molar-refractivity contribution in [2.75, 3.05) is 18.6 Å². The summed E-state index contributed by atoms with van der Waals surface area (Å²) in [7, 11) is 1.49. The van der Waals surface area contributed by atoms with Gasteiger partial charge in [-0.1, -0.05) is 42.5 Å². The van der Waals surface area contributed by atoms with Crippen LogP contribution >= 0.6 is 0 Å². The molecule has 2 aromatic rings. The van der Waals surface area contributed by atoms with Gasteiger partial charge in [-0.25, -0.2) is 4.39 Å². The summed E-state index contributed by atoms with van der Waals surface area (Å²) in [6.07, 6.45) is -0.0406. The normalized spacial score (nSPS) is 14.9. The van der Waals surface area contributed by atoms with E-state index in [4.69, 9.17) is 4.74 Å². The van der Waals surface area contributed by atoms with E-state index in [1.165, 1.54) is 18.1 Å². The van der Waals surface area contributed by atoms with Crippen LogP contribution in [0.5, 0.6) is 0 Å². The van der Waals surface area contributed by atoms with E-state index in [1.807, 2.05) is 36.4 Å². The molecule has 0 N–H and O–H groups in total. The van der Waals surface area contributed by atoms with Gasteiger partial charge >= 0.3 is 0 Å². The van der Waals surface area contributed by atoms with Crippen LogP contribution in [0.2, 0.25) is 0 Å². The van der Waals surface area contributed by atoms with E-state index in [1.54, 1.807) is 6.07 Å². The van der Waals surface area contributed by atoms with E-state index in [0.29, 0.717) is 18.7 Å². The predicted molar refractivity (Wildman–Crippen MR) is 78.6 cm³/mol. The topological polar surface area (TPSA) is 29.5 Å². The number of ether oxygens (including phenoxy) is 1. The zero-order valence-corrected chi connectivity index (χ0v) is 11.8.